The lowest BCUT2D eigenvalue weighted by Crippen LogP contribution is -2.24. The Bertz CT molecular complexity index is 513. The Balaban J connectivity index is 2.50. The molecule has 0 spiro atoms. The third kappa shape index (κ3) is 6.56. The minimum absolute atomic E-state index is 0.126. The highest BCUT2D eigenvalue weighted by atomic mass is 79.9. The van der Waals surface area contributed by atoms with Gasteiger partial charge in [-0.2, -0.15) is 0 Å². The van der Waals surface area contributed by atoms with Gasteiger partial charge in [-0.1, -0.05) is 19.9 Å². The second kappa shape index (κ2) is 8.36. The molecule has 0 aliphatic carbocycles. The zero-order valence-corrected chi connectivity index (χ0v) is 15.6. The highest BCUT2D eigenvalue weighted by molar-refractivity contribution is 9.11. The number of unbranched alkanes of at least 4 members (excludes halogenated alkanes) is 1. The molecule has 1 rings (SSSR count). The quantitative estimate of drug-likeness (QED) is 0.621. The van der Waals surface area contributed by atoms with E-state index in [0.29, 0.717) is 18.2 Å². The van der Waals surface area contributed by atoms with Crippen molar-refractivity contribution in [3.05, 3.63) is 27.1 Å². The summed E-state index contributed by atoms with van der Waals surface area (Å²) in [5, 5.41) is 3.27. The molecule has 0 saturated heterocycles. The summed E-state index contributed by atoms with van der Waals surface area (Å²) in [7, 11) is -3.32. The van der Waals surface area contributed by atoms with Crippen LogP contribution in [0, 0.1) is 0 Å². The van der Waals surface area contributed by atoms with Gasteiger partial charge in [-0.3, -0.25) is 4.72 Å². The van der Waals surface area contributed by atoms with Crippen molar-refractivity contribution in [2.45, 2.75) is 32.7 Å². The molecular weight excluding hydrogens is 408 g/mol. The largest absolute Gasteiger partial charge is 0.315 e. The number of anilines is 1. The van der Waals surface area contributed by atoms with Crippen molar-refractivity contribution in [3.8, 4) is 0 Å². The average Bonchev–Trinajstić information content (AvgIpc) is 2.33. The third-order valence-corrected chi connectivity index (χ3v) is 5.28. The van der Waals surface area contributed by atoms with Crippen LogP contribution in [-0.4, -0.2) is 26.8 Å². The molecule has 1 aromatic rings. The summed E-state index contributed by atoms with van der Waals surface area (Å²) < 4.78 is 28.1. The van der Waals surface area contributed by atoms with Crippen LogP contribution in [0.25, 0.3) is 0 Å². The van der Waals surface area contributed by atoms with Crippen LogP contribution >= 0.6 is 31.9 Å². The van der Waals surface area contributed by atoms with E-state index < -0.39 is 10.0 Å². The Morgan fingerprint density at radius 3 is 2.30 bits per heavy atom. The second-order valence-electron chi connectivity index (χ2n) is 4.83. The number of nitrogens with one attached hydrogen (secondary N) is 2. The Morgan fingerprint density at radius 1 is 1.15 bits per heavy atom. The Kier molecular flexibility index (Phi) is 7.50. The number of hydrogen-bond donors (Lipinski definition) is 2. The standard InChI is InChI=1S/C13H20Br2N2O2S/c1-10(2)16-8-3-4-9-20(18,19)17-13-11(14)6-5-7-12(13)15/h5-7,10,16-17H,3-4,8-9H2,1-2H3. The number of para-hydroxylation sites is 1. The van der Waals surface area contributed by atoms with Gasteiger partial charge in [-0.25, -0.2) is 8.42 Å². The van der Waals surface area contributed by atoms with E-state index in [1.807, 2.05) is 6.07 Å². The summed E-state index contributed by atoms with van der Waals surface area (Å²) in [6.45, 7) is 4.98. The maximum Gasteiger partial charge on any atom is 0.232 e. The average molecular weight is 428 g/mol. The molecule has 0 saturated carbocycles. The molecule has 0 amide bonds. The van der Waals surface area contributed by atoms with Gasteiger partial charge in [-0.05, 0) is 63.4 Å². The molecule has 20 heavy (non-hydrogen) atoms. The van der Waals surface area contributed by atoms with Gasteiger partial charge in [0.25, 0.3) is 0 Å². The molecule has 0 heterocycles. The van der Waals surface area contributed by atoms with Gasteiger partial charge in [0.15, 0.2) is 0 Å². The fourth-order valence-corrected chi connectivity index (χ4v) is 4.29. The van der Waals surface area contributed by atoms with Gasteiger partial charge in [0.2, 0.25) is 10.0 Å². The van der Waals surface area contributed by atoms with Gasteiger partial charge in [0, 0.05) is 15.0 Å². The van der Waals surface area contributed by atoms with Crippen LogP contribution < -0.4 is 10.0 Å². The molecule has 0 fully saturated rings. The lowest BCUT2D eigenvalue weighted by atomic mass is 10.3. The predicted molar refractivity (Wildman–Crippen MR) is 91.6 cm³/mol. The fourth-order valence-electron chi connectivity index (χ4n) is 1.61. The molecular formula is C13H20Br2N2O2S. The van der Waals surface area contributed by atoms with Crippen LogP contribution in [0.2, 0.25) is 0 Å². The molecule has 7 heteroatoms. The van der Waals surface area contributed by atoms with Crippen LogP contribution in [0.1, 0.15) is 26.7 Å². The van der Waals surface area contributed by atoms with E-state index in [4.69, 9.17) is 0 Å². The van der Waals surface area contributed by atoms with E-state index in [1.165, 1.54) is 0 Å². The van der Waals surface area contributed by atoms with Crippen molar-refractivity contribution < 1.29 is 8.42 Å². The zero-order valence-electron chi connectivity index (χ0n) is 11.6. The van der Waals surface area contributed by atoms with E-state index in [1.54, 1.807) is 12.1 Å². The fraction of sp³-hybridized carbons (Fsp3) is 0.538. The highest BCUT2D eigenvalue weighted by Crippen LogP contribution is 2.31. The molecule has 0 bridgehead atoms. The lowest BCUT2D eigenvalue weighted by molar-refractivity contribution is 0.561. The van der Waals surface area contributed by atoms with E-state index in [0.717, 1.165) is 21.9 Å². The minimum Gasteiger partial charge on any atom is -0.315 e. The molecule has 1 aromatic carbocycles. The first-order valence-corrected chi connectivity index (χ1v) is 9.73. The number of benzene rings is 1. The first-order chi connectivity index (χ1) is 9.32. The molecule has 0 radical (unpaired) electrons. The molecule has 0 aliphatic heterocycles. The summed E-state index contributed by atoms with van der Waals surface area (Å²) >= 11 is 6.68. The van der Waals surface area contributed by atoms with E-state index in [-0.39, 0.29) is 5.75 Å². The maximum absolute atomic E-state index is 12.0. The first-order valence-electron chi connectivity index (χ1n) is 6.50. The van der Waals surface area contributed by atoms with Crippen molar-refractivity contribution in [1.82, 2.24) is 5.32 Å². The topological polar surface area (TPSA) is 58.2 Å². The first kappa shape index (κ1) is 17.9. The Labute approximate surface area is 138 Å². The molecule has 4 nitrogen and oxygen atoms in total. The molecule has 114 valence electrons. The van der Waals surface area contributed by atoms with Crippen molar-refractivity contribution in [2.24, 2.45) is 0 Å². The number of sulfonamides is 1. The SMILES string of the molecule is CC(C)NCCCCS(=O)(=O)Nc1c(Br)cccc1Br. The predicted octanol–water partition coefficient (Wildman–Crippen LogP) is 3.73. The molecule has 0 unspecified atom stereocenters. The van der Waals surface area contributed by atoms with Gasteiger partial charge in [0.05, 0.1) is 11.4 Å². The van der Waals surface area contributed by atoms with Crippen LogP contribution in [-0.2, 0) is 10.0 Å². The Hall–Kier alpha value is -0.110. The van der Waals surface area contributed by atoms with Crippen molar-refractivity contribution in [2.75, 3.05) is 17.0 Å². The van der Waals surface area contributed by atoms with E-state index >= 15 is 0 Å². The second-order valence-corrected chi connectivity index (χ2v) is 8.38. The van der Waals surface area contributed by atoms with Crippen LogP contribution in [0.3, 0.4) is 0 Å². The van der Waals surface area contributed by atoms with Crippen molar-refractivity contribution >= 4 is 47.6 Å². The number of rotatable bonds is 8. The summed E-state index contributed by atoms with van der Waals surface area (Å²) in [5.41, 5.74) is 0.549. The highest BCUT2D eigenvalue weighted by Gasteiger charge is 2.14. The van der Waals surface area contributed by atoms with Gasteiger partial charge < -0.3 is 5.32 Å². The molecule has 0 aromatic heterocycles. The summed E-state index contributed by atoms with van der Waals surface area (Å²) in [6.07, 6.45) is 1.48. The number of halogens is 2. The van der Waals surface area contributed by atoms with Crippen LogP contribution in [0.15, 0.2) is 27.1 Å². The van der Waals surface area contributed by atoms with E-state index in [2.05, 4.69) is 55.7 Å². The summed E-state index contributed by atoms with van der Waals surface area (Å²) in [5.74, 6) is 0.126. The van der Waals surface area contributed by atoms with Crippen molar-refractivity contribution in [1.29, 1.82) is 0 Å². The number of hydrogen-bond acceptors (Lipinski definition) is 3. The van der Waals surface area contributed by atoms with Crippen LogP contribution in [0.4, 0.5) is 5.69 Å². The smallest absolute Gasteiger partial charge is 0.232 e. The molecule has 0 atom stereocenters. The van der Waals surface area contributed by atoms with Gasteiger partial charge in [-0.15, -0.1) is 0 Å². The molecule has 2 N–H and O–H groups in total. The lowest BCUT2D eigenvalue weighted by Gasteiger charge is -2.12. The minimum atomic E-state index is -3.32. The summed E-state index contributed by atoms with van der Waals surface area (Å²) in [6, 6.07) is 5.87. The Morgan fingerprint density at radius 2 is 1.75 bits per heavy atom. The van der Waals surface area contributed by atoms with Crippen molar-refractivity contribution in [3.63, 3.8) is 0 Å². The van der Waals surface area contributed by atoms with Gasteiger partial charge >= 0.3 is 0 Å². The van der Waals surface area contributed by atoms with Crippen LogP contribution in [0.5, 0.6) is 0 Å². The molecule has 0 aliphatic rings. The monoisotopic (exact) mass is 426 g/mol. The summed E-state index contributed by atoms with van der Waals surface area (Å²) in [4.78, 5) is 0. The maximum atomic E-state index is 12.0. The third-order valence-electron chi connectivity index (χ3n) is 2.61. The van der Waals surface area contributed by atoms with Gasteiger partial charge in [0.1, 0.15) is 0 Å². The van der Waals surface area contributed by atoms with E-state index in [9.17, 15) is 8.42 Å². The zero-order chi connectivity index (χ0) is 15.2. The normalized spacial score (nSPS) is 11.8.